The molecule has 5 rings (SSSR count). The van der Waals surface area contributed by atoms with Crippen LogP contribution >= 0.6 is 23.8 Å². The standard InChI is InChI=1S/C30H30ClN5OS/c1-34-26-15-14-24(31)21-25(26)27(23-12-6-3-7-13-23)32-28(29(34)37)33-30(38)36-19-17-35(18-20-36)16-8-11-22-9-4-2-5-10-22/h2-15,21,28H,16-20H2,1H3,(H,33,38). The Bertz CT molecular complexity index is 1350. The molecule has 1 atom stereocenters. The average Bonchev–Trinajstić information content (AvgIpc) is 3.04. The fraction of sp³-hybridized carbons (Fsp3) is 0.233. The van der Waals surface area contributed by atoms with Crippen molar-refractivity contribution in [3.8, 4) is 0 Å². The number of thiocarbonyl (C=S) groups is 1. The van der Waals surface area contributed by atoms with Crippen LogP contribution in [0.1, 0.15) is 16.7 Å². The van der Waals surface area contributed by atoms with Crippen LogP contribution in [-0.2, 0) is 4.79 Å². The van der Waals surface area contributed by atoms with Crippen molar-refractivity contribution in [3.05, 3.63) is 107 Å². The number of benzodiazepines with no additional fused rings is 1. The molecule has 2 heterocycles. The second kappa shape index (κ2) is 11.9. The zero-order valence-electron chi connectivity index (χ0n) is 21.3. The lowest BCUT2D eigenvalue weighted by atomic mass is 10.0. The molecule has 1 amide bonds. The van der Waals surface area contributed by atoms with Gasteiger partial charge in [0.2, 0.25) is 6.17 Å². The Morgan fingerprint density at radius 2 is 1.71 bits per heavy atom. The number of hydrogen-bond acceptors (Lipinski definition) is 4. The zero-order valence-corrected chi connectivity index (χ0v) is 22.8. The summed E-state index contributed by atoms with van der Waals surface area (Å²) >= 11 is 12.1. The highest BCUT2D eigenvalue weighted by Crippen LogP contribution is 2.30. The number of piperazine rings is 1. The normalized spacial score (nSPS) is 18.2. The summed E-state index contributed by atoms with van der Waals surface area (Å²) in [6, 6.07) is 25.7. The average molecular weight is 544 g/mol. The van der Waals surface area contributed by atoms with Gasteiger partial charge in [0.1, 0.15) is 0 Å². The smallest absolute Gasteiger partial charge is 0.272 e. The van der Waals surface area contributed by atoms with Crippen LogP contribution in [0.2, 0.25) is 5.02 Å². The van der Waals surface area contributed by atoms with E-state index in [1.807, 2.05) is 60.7 Å². The topological polar surface area (TPSA) is 51.2 Å². The molecular formula is C30H30ClN5OS. The number of amides is 1. The largest absolute Gasteiger partial charge is 0.347 e. The second-order valence-corrected chi connectivity index (χ2v) is 10.2. The van der Waals surface area contributed by atoms with Crippen molar-refractivity contribution in [2.24, 2.45) is 4.99 Å². The van der Waals surface area contributed by atoms with Gasteiger partial charge in [-0.15, -0.1) is 0 Å². The van der Waals surface area contributed by atoms with Crippen LogP contribution in [-0.4, -0.2) is 72.5 Å². The van der Waals surface area contributed by atoms with Gasteiger partial charge in [-0.3, -0.25) is 9.69 Å². The molecule has 0 saturated carbocycles. The first kappa shape index (κ1) is 26.1. The van der Waals surface area contributed by atoms with Crippen LogP contribution < -0.4 is 10.2 Å². The Kier molecular flexibility index (Phi) is 8.17. The molecule has 0 spiro atoms. The van der Waals surface area contributed by atoms with Gasteiger partial charge in [-0.1, -0.05) is 84.4 Å². The van der Waals surface area contributed by atoms with Crippen LogP contribution in [0, 0.1) is 0 Å². The summed E-state index contributed by atoms with van der Waals surface area (Å²) in [7, 11) is 1.76. The molecule has 1 fully saturated rings. The summed E-state index contributed by atoms with van der Waals surface area (Å²) in [6.07, 6.45) is 3.51. The number of fused-ring (bicyclic) bond motifs is 1. The van der Waals surface area contributed by atoms with E-state index >= 15 is 0 Å². The lowest BCUT2D eigenvalue weighted by Crippen LogP contribution is -2.55. The quantitative estimate of drug-likeness (QED) is 0.473. The Balaban J connectivity index is 1.28. The van der Waals surface area contributed by atoms with Crippen molar-refractivity contribution in [1.29, 1.82) is 0 Å². The SMILES string of the molecule is CN1C(=O)C(NC(=S)N2CCN(CC=Cc3ccccc3)CC2)N=C(c2ccccc2)c2cc(Cl)ccc21. The third kappa shape index (κ3) is 5.96. The molecule has 0 aromatic heterocycles. The highest BCUT2D eigenvalue weighted by molar-refractivity contribution is 7.80. The first-order chi connectivity index (χ1) is 18.5. The molecule has 38 heavy (non-hydrogen) atoms. The minimum Gasteiger partial charge on any atom is -0.347 e. The molecule has 0 bridgehead atoms. The number of aliphatic imine (C=N–C) groups is 1. The van der Waals surface area contributed by atoms with E-state index in [-0.39, 0.29) is 5.91 Å². The number of nitrogens with one attached hydrogen (secondary N) is 1. The maximum atomic E-state index is 13.5. The number of nitrogens with zero attached hydrogens (tertiary/aromatic N) is 4. The number of anilines is 1. The van der Waals surface area contributed by atoms with Gasteiger partial charge in [-0.25, -0.2) is 4.99 Å². The van der Waals surface area contributed by atoms with Gasteiger partial charge in [-0.2, -0.15) is 0 Å². The Morgan fingerprint density at radius 1 is 1.03 bits per heavy atom. The Morgan fingerprint density at radius 3 is 2.42 bits per heavy atom. The molecular weight excluding hydrogens is 514 g/mol. The van der Waals surface area contributed by atoms with E-state index in [2.05, 4.69) is 39.4 Å². The summed E-state index contributed by atoms with van der Waals surface area (Å²) in [5.74, 6) is -0.175. The number of benzene rings is 3. The van der Waals surface area contributed by atoms with Crippen LogP contribution in [0.25, 0.3) is 6.08 Å². The molecule has 3 aromatic rings. The van der Waals surface area contributed by atoms with E-state index in [0.717, 1.165) is 49.5 Å². The summed E-state index contributed by atoms with van der Waals surface area (Å²) in [4.78, 5) is 24.5. The van der Waals surface area contributed by atoms with Gasteiger partial charge < -0.3 is 15.1 Å². The van der Waals surface area contributed by atoms with Gasteiger partial charge in [0.05, 0.1) is 11.4 Å². The summed E-state index contributed by atoms with van der Waals surface area (Å²) in [6.45, 7) is 4.24. The molecule has 0 radical (unpaired) electrons. The van der Waals surface area contributed by atoms with E-state index in [1.54, 1.807) is 18.0 Å². The van der Waals surface area contributed by atoms with E-state index in [9.17, 15) is 4.79 Å². The molecule has 1 unspecified atom stereocenters. The van der Waals surface area contributed by atoms with Crippen molar-refractivity contribution < 1.29 is 4.79 Å². The highest BCUT2D eigenvalue weighted by atomic mass is 35.5. The van der Waals surface area contributed by atoms with E-state index < -0.39 is 6.17 Å². The number of hydrogen-bond donors (Lipinski definition) is 1. The minimum absolute atomic E-state index is 0.175. The molecule has 194 valence electrons. The first-order valence-corrected chi connectivity index (χ1v) is 13.5. The first-order valence-electron chi connectivity index (χ1n) is 12.7. The van der Waals surface area contributed by atoms with Crippen molar-refractivity contribution in [2.75, 3.05) is 44.7 Å². The lowest BCUT2D eigenvalue weighted by molar-refractivity contribution is -0.119. The van der Waals surface area contributed by atoms with E-state index in [0.29, 0.717) is 15.8 Å². The Labute approximate surface area is 234 Å². The maximum absolute atomic E-state index is 13.5. The van der Waals surface area contributed by atoms with E-state index in [1.165, 1.54) is 5.56 Å². The fourth-order valence-electron chi connectivity index (χ4n) is 4.71. The van der Waals surface area contributed by atoms with Gasteiger partial charge in [0.25, 0.3) is 5.91 Å². The van der Waals surface area contributed by atoms with E-state index in [4.69, 9.17) is 28.8 Å². The third-order valence-corrected chi connectivity index (χ3v) is 7.45. The number of halogens is 1. The third-order valence-electron chi connectivity index (χ3n) is 6.84. The van der Waals surface area contributed by atoms with Crippen LogP contribution in [0.4, 0.5) is 5.69 Å². The van der Waals surface area contributed by atoms with Crippen molar-refractivity contribution in [1.82, 2.24) is 15.1 Å². The second-order valence-electron chi connectivity index (χ2n) is 9.36. The monoisotopic (exact) mass is 543 g/mol. The van der Waals surface area contributed by atoms with Crippen molar-refractivity contribution in [3.63, 3.8) is 0 Å². The summed E-state index contributed by atoms with van der Waals surface area (Å²) in [5, 5.41) is 4.38. The molecule has 0 aliphatic carbocycles. The molecule has 2 aliphatic rings. The van der Waals surface area contributed by atoms with Gasteiger partial charge in [0, 0.05) is 55.9 Å². The molecule has 6 nitrogen and oxygen atoms in total. The predicted molar refractivity (Wildman–Crippen MR) is 160 cm³/mol. The zero-order chi connectivity index (χ0) is 26.5. The fourth-order valence-corrected chi connectivity index (χ4v) is 5.18. The predicted octanol–water partition coefficient (Wildman–Crippen LogP) is 4.69. The molecule has 3 aromatic carbocycles. The van der Waals surface area contributed by atoms with Crippen LogP contribution in [0.5, 0.6) is 0 Å². The van der Waals surface area contributed by atoms with Gasteiger partial charge >= 0.3 is 0 Å². The van der Waals surface area contributed by atoms with Crippen LogP contribution in [0.15, 0.2) is 89.9 Å². The van der Waals surface area contributed by atoms with Gasteiger partial charge in [-0.05, 0) is 36.0 Å². The molecule has 1 saturated heterocycles. The number of rotatable bonds is 5. The molecule has 8 heteroatoms. The van der Waals surface area contributed by atoms with Crippen LogP contribution in [0.3, 0.4) is 0 Å². The Hall–Kier alpha value is -3.52. The maximum Gasteiger partial charge on any atom is 0.272 e. The van der Waals surface area contributed by atoms with Crippen molar-refractivity contribution >= 4 is 52.3 Å². The lowest BCUT2D eigenvalue weighted by Gasteiger charge is -2.36. The number of likely N-dealkylation sites (N-methyl/N-ethyl adjacent to an activating group) is 1. The minimum atomic E-state index is -0.847. The van der Waals surface area contributed by atoms with Gasteiger partial charge in [0.15, 0.2) is 5.11 Å². The number of carbonyl (C=O) groups excluding carboxylic acids is 1. The summed E-state index contributed by atoms with van der Waals surface area (Å²) < 4.78 is 0. The highest BCUT2D eigenvalue weighted by Gasteiger charge is 2.31. The summed E-state index contributed by atoms with van der Waals surface area (Å²) in [5.41, 5.74) is 4.39. The number of carbonyl (C=O) groups is 1. The van der Waals surface area contributed by atoms with Crippen molar-refractivity contribution in [2.45, 2.75) is 6.17 Å². The molecule has 1 N–H and O–H groups in total. The molecule has 2 aliphatic heterocycles.